The highest BCUT2D eigenvalue weighted by molar-refractivity contribution is 5.94. The fourth-order valence-corrected chi connectivity index (χ4v) is 4.81. The van der Waals surface area contributed by atoms with Crippen LogP contribution in [0.3, 0.4) is 0 Å². The van der Waals surface area contributed by atoms with Crippen molar-refractivity contribution in [1.29, 1.82) is 0 Å². The molecule has 0 unspecified atom stereocenters. The van der Waals surface area contributed by atoms with Crippen LogP contribution in [-0.4, -0.2) is 46.9 Å². The number of ether oxygens (including phenoxy) is 1. The summed E-state index contributed by atoms with van der Waals surface area (Å²) in [6.07, 6.45) is 7.82. The van der Waals surface area contributed by atoms with Gasteiger partial charge in [0, 0.05) is 43.2 Å². The maximum atomic E-state index is 12.7. The number of hydrogen-bond acceptors (Lipinski definition) is 5. The summed E-state index contributed by atoms with van der Waals surface area (Å²) in [5.41, 5.74) is 2.08. The molecule has 32 heavy (non-hydrogen) atoms. The van der Waals surface area contributed by atoms with Crippen molar-refractivity contribution in [3.05, 3.63) is 53.1 Å². The van der Waals surface area contributed by atoms with Crippen LogP contribution in [0.5, 0.6) is 5.75 Å². The molecule has 1 aromatic carbocycles. The number of nitrogens with one attached hydrogen (secondary N) is 1. The predicted molar refractivity (Wildman–Crippen MR) is 121 cm³/mol. The third-order valence-corrected chi connectivity index (χ3v) is 6.75. The summed E-state index contributed by atoms with van der Waals surface area (Å²) in [5.74, 6) is 2.12. The number of piperidine rings is 1. The van der Waals surface area contributed by atoms with Crippen LogP contribution in [0.2, 0.25) is 0 Å². The highest BCUT2D eigenvalue weighted by Gasteiger charge is 2.31. The van der Waals surface area contributed by atoms with Gasteiger partial charge in [-0.15, -0.1) is 0 Å². The molecule has 7 nitrogen and oxygen atoms in total. The van der Waals surface area contributed by atoms with E-state index in [0.717, 1.165) is 55.9 Å². The second kappa shape index (κ2) is 10.1. The van der Waals surface area contributed by atoms with E-state index in [-0.39, 0.29) is 17.7 Å². The van der Waals surface area contributed by atoms with E-state index >= 15 is 0 Å². The molecule has 1 N–H and O–H groups in total. The van der Waals surface area contributed by atoms with E-state index in [1.54, 1.807) is 13.3 Å². The minimum atomic E-state index is -0.197. The summed E-state index contributed by atoms with van der Waals surface area (Å²) in [7, 11) is 1.62. The third-order valence-electron chi connectivity index (χ3n) is 6.75. The van der Waals surface area contributed by atoms with Crippen LogP contribution in [0.25, 0.3) is 0 Å². The Balaban J connectivity index is 1.34. The third kappa shape index (κ3) is 4.92. The van der Waals surface area contributed by atoms with Crippen molar-refractivity contribution in [2.24, 2.45) is 5.92 Å². The van der Waals surface area contributed by atoms with E-state index in [2.05, 4.69) is 15.3 Å². The summed E-state index contributed by atoms with van der Waals surface area (Å²) in [6.45, 7) is 3.76. The summed E-state index contributed by atoms with van der Waals surface area (Å²) < 4.78 is 5.34. The summed E-state index contributed by atoms with van der Waals surface area (Å²) in [4.78, 5) is 36.6. The number of aryl methyl sites for hydroxylation is 1. The lowest BCUT2D eigenvalue weighted by Gasteiger charge is -2.33. The Morgan fingerprint density at radius 2 is 1.84 bits per heavy atom. The number of rotatable bonds is 6. The first kappa shape index (κ1) is 22.2. The normalized spacial score (nSPS) is 17.4. The molecule has 2 aromatic rings. The van der Waals surface area contributed by atoms with Gasteiger partial charge in [-0.3, -0.25) is 9.59 Å². The van der Waals surface area contributed by atoms with Gasteiger partial charge in [0.2, 0.25) is 5.91 Å². The van der Waals surface area contributed by atoms with Crippen LogP contribution in [0.4, 0.5) is 0 Å². The molecule has 170 valence electrons. The Morgan fingerprint density at radius 3 is 2.53 bits per heavy atom. The molecule has 7 heteroatoms. The van der Waals surface area contributed by atoms with E-state index in [1.807, 2.05) is 36.1 Å². The molecular formula is C25H32N4O3. The minimum absolute atomic E-state index is 0.197. The Bertz CT molecular complexity index is 963. The number of carbonyl (C=O) groups is 2. The Kier molecular flexibility index (Phi) is 7.02. The standard InChI is InChI=1S/C25H32N4O3/c1-17-21(24(30)27-15-20-9-5-6-10-22(20)32-2)16-26-23(28-17)18-11-13-29(14-12-18)25(31)19-7-3-4-8-19/h5-6,9-10,16,18-19H,3-4,7-8,11-15H2,1-2H3,(H,27,30). The van der Waals surface area contributed by atoms with Crippen LogP contribution >= 0.6 is 0 Å². The molecule has 0 radical (unpaired) electrons. The van der Waals surface area contributed by atoms with Crippen molar-refractivity contribution in [3.63, 3.8) is 0 Å². The summed E-state index contributed by atoms with van der Waals surface area (Å²) in [6, 6.07) is 7.61. The average Bonchev–Trinajstić information content (AvgIpc) is 3.37. The van der Waals surface area contributed by atoms with Crippen molar-refractivity contribution < 1.29 is 14.3 Å². The highest BCUT2D eigenvalue weighted by Crippen LogP contribution is 2.31. The van der Waals surface area contributed by atoms with Crippen LogP contribution < -0.4 is 10.1 Å². The monoisotopic (exact) mass is 436 g/mol. The molecule has 0 spiro atoms. The first-order valence-corrected chi connectivity index (χ1v) is 11.6. The lowest BCUT2D eigenvalue weighted by Crippen LogP contribution is -2.41. The molecule has 2 fully saturated rings. The van der Waals surface area contributed by atoms with Gasteiger partial charge in [0.05, 0.1) is 18.4 Å². The quantitative estimate of drug-likeness (QED) is 0.748. The number of amides is 2. The van der Waals surface area contributed by atoms with Crippen molar-refractivity contribution in [3.8, 4) is 5.75 Å². The molecule has 1 saturated carbocycles. The molecule has 2 heterocycles. The Hall–Kier alpha value is -2.96. The van der Waals surface area contributed by atoms with Gasteiger partial charge in [0.15, 0.2) is 0 Å². The zero-order valence-corrected chi connectivity index (χ0v) is 19.0. The van der Waals surface area contributed by atoms with Gasteiger partial charge in [0.1, 0.15) is 11.6 Å². The van der Waals surface area contributed by atoms with Crippen molar-refractivity contribution in [2.45, 2.75) is 57.9 Å². The van der Waals surface area contributed by atoms with Gasteiger partial charge in [-0.25, -0.2) is 9.97 Å². The van der Waals surface area contributed by atoms with E-state index in [1.165, 1.54) is 12.8 Å². The average molecular weight is 437 g/mol. The number of hydrogen-bond donors (Lipinski definition) is 1. The smallest absolute Gasteiger partial charge is 0.254 e. The fraction of sp³-hybridized carbons (Fsp3) is 0.520. The Morgan fingerprint density at radius 1 is 1.12 bits per heavy atom. The van der Waals surface area contributed by atoms with E-state index in [4.69, 9.17) is 4.74 Å². The molecule has 1 saturated heterocycles. The lowest BCUT2D eigenvalue weighted by molar-refractivity contribution is -0.136. The van der Waals surface area contributed by atoms with Crippen molar-refractivity contribution >= 4 is 11.8 Å². The molecule has 2 amide bonds. The number of carbonyl (C=O) groups excluding carboxylic acids is 2. The number of methoxy groups -OCH3 is 1. The van der Waals surface area contributed by atoms with E-state index in [0.29, 0.717) is 23.7 Å². The second-order valence-electron chi connectivity index (χ2n) is 8.80. The zero-order chi connectivity index (χ0) is 22.5. The van der Waals surface area contributed by atoms with Crippen LogP contribution in [-0.2, 0) is 11.3 Å². The summed E-state index contributed by atoms with van der Waals surface area (Å²) >= 11 is 0. The lowest BCUT2D eigenvalue weighted by atomic mass is 9.94. The van der Waals surface area contributed by atoms with Gasteiger partial charge in [-0.2, -0.15) is 0 Å². The molecule has 0 atom stereocenters. The molecule has 4 rings (SSSR count). The maximum Gasteiger partial charge on any atom is 0.254 e. The number of aromatic nitrogens is 2. The summed E-state index contributed by atoms with van der Waals surface area (Å²) in [5, 5.41) is 2.93. The van der Waals surface area contributed by atoms with Gasteiger partial charge in [0.25, 0.3) is 5.91 Å². The molecule has 2 aliphatic rings. The number of nitrogens with zero attached hydrogens (tertiary/aromatic N) is 3. The second-order valence-corrected chi connectivity index (χ2v) is 8.80. The SMILES string of the molecule is COc1ccccc1CNC(=O)c1cnc(C2CCN(C(=O)C3CCCC3)CC2)nc1C. The minimum Gasteiger partial charge on any atom is -0.496 e. The van der Waals surface area contributed by atoms with Gasteiger partial charge in [-0.05, 0) is 38.7 Å². The van der Waals surface area contributed by atoms with Crippen molar-refractivity contribution in [1.82, 2.24) is 20.2 Å². The Labute approximate surface area is 189 Å². The first-order chi connectivity index (χ1) is 15.6. The van der Waals surface area contributed by atoms with Crippen molar-refractivity contribution in [2.75, 3.05) is 20.2 Å². The van der Waals surface area contributed by atoms with Crippen LogP contribution in [0.1, 0.15) is 71.9 Å². The first-order valence-electron chi connectivity index (χ1n) is 11.6. The van der Waals surface area contributed by atoms with Gasteiger partial charge >= 0.3 is 0 Å². The number of para-hydroxylation sites is 1. The molecular weight excluding hydrogens is 404 g/mol. The molecule has 1 aliphatic carbocycles. The van der Waals surface area contributed by atoms with Gasteiger partial charge in [-0.1, -0.05) is 31.0 Å². The maximum absolute atomic E-state index is 12.7. The molecule has 1 aromatic heterocycles. The van der Waals surface area contributed by atoms with Gasteiger partial charge < -0.3 is 15.0 Å². The zero-order valence-electron chi connectivity index (χ0n) is 19.0. The van der Waals surface area contributed by atoms with Crippen LogP contribution in [0, 0.1) is 12.8 Å². The van der Waals surface area contributed by atoms with E-state index in [9.17, 15) is 9.59 Å². The molecule has 1 aliphatic heterocycles. The number of benzene rings is 1. The molecule has 0 bridgehead atoms. The fourth-order valence-electron chi connectivity index (χ4n) is 4.81. The highest BCUT2D eigenvalue weighted by atomic mass is 16.5. The largest absolute Gasteiger partial charge is 0.496 e. The number of likely N-dealkylation sites (tertiary alicyclic amines) is 1. The predicted octanol–water partition coefficient (Wildman–Crippen LogP) is 3.62. The van der Waals surface area contributed by atoms with Crippen LogP contribution in [0.15, 0.2) is 30.5 Å². The van der Waals surface area contributed by atoms with E-state index < -0.39 is 0 Å². The topological polar surface area (TPSA) is 84.4 Å².